The maximum atomic E-state index is 15.5. The van der Waals surface area contributed by atoms with Crippen molar-refractivity contribution >= 4 is 17.6 Å². The van der Waals surface area contributed by atoms with Crippen molar-refractivity contribution < 1.29 is 32.2 Å². The highest BCUT2D eigenvalue weighted by Crippen LogP contribution is 2.30. The molecule has 0 radical (unpaired) electrons. The summed E-state index contributed by atoms with van der Waals surface area (Å²) < 4.78 is 56.8. The summed E-state index contributed by atoms with van der Waals surface area (Å²) in [6.45, 7) is 0. The lowest BCUT2D eigenvalue weighted by Crippen LogP contribution is -2.48. The van der Waals surface area contributed by atoms with Crippen LogP contribution >= 0.6 is 0 Å². The Morgan fingerprint density at radius 2 is 1.49 bits per heavy atom. The van der Waals surface area contributed by atoms with Gasteiger partial charge in [-0.3, -0.25) is 19.0 Å². The molecule has 0 saturated heterocycles. The Morgan fingerprint density at radius 3 is 2.14 bits per heavy atom. The van der Waals surface area contributed by atoms with Gasteiger partial charge in [0.25, 0.3) is 5.56 Å². The number of anilines is 1. The number of nitrogens with zero attached hydrogens (tertiary/aromatic N) is 1. The predicted molar refractivity (Wildman–Crippen MR) is 178 cm³/mol. The van der Waals surface area contributed by atoms with Crippen LogP contribution in [0, 0.1) is 17.5 Å². The molecule has 2 aliphatic rings. The molecule has 3 N–H and O–H groups in total. The molecule has 0 amide bonds. The molecule has 0 bridgehead atoms. The van der Waals surface area contributed by atoms with Gasteiger partial charge >= 0.3 is 5.97 Å². The fraction of sp³-hybridized carbons (Fsp3) is 0.342. The van der Waals surface area contributed by atoms with Crippen LogP contribution in [0.1, 0.15) is 72.9 Å². The van der Waals surface area contributed by atoms with E-state index in [0.717, 1.165) is 61.6 Å². The molecule has 2 saturated carbocycles. The number of pyridine rings is 1. The number of nitrogen functional groups attached to an aromatic ring is 1. The number of benzene rings is 3. The summed E-state index contributed by atoms with van der Waals surface area (Å²) in [7, 11) is 0. The van der Waals surface area contributed by atoms with Gasteiger partial charge < -0.3 is 20.5 Å². The number of nitrogens with two attached hydrogens (primary N) is 1. The average Bonchev–Trinajstić information content (AvgIpc) is 3.60. The van der Waals surface area contributed by atoms with E-state index in [1.807, 2.05) is 30.3 Å². The molecule has 4 aromatic rings. The van der Waals surface area contributed by atoms with E-state index in [1.54, 1.807) is 0 Å². The molecule has 2 fully saturated rings. The summed E-state index contributed by atoms with van der Waals surface area (Å²) in [5.41, 5.74) is 5.48. The van der Waals surface area contributed by atoms with Gasteiger partial charge in [0, 0.05) is 29.8 Å². The molecule has 6 rings (SSSR count). The number of halogens is 3. The van der Waals surface area contributed by atoms with Gasteiger partial charge in [0.05, 0.1) is 11.7 Å². The van der Waals surface area contributed by atoms with E-state index in [9.17, 15) is 18.8 Å². The van der Waals surface area contributed by atoms with Crippen LogP contribution in [0.5, 0.6) is 5.75 Å². The predicted octanol–water partition coefficient (Wildman–Crippen LogP) is 6.44. The van der Waals surface area contributed by atoms with Gasteiger partial charge in [0.2, 0.25) is 0 Å². The molecule has 1 atom stereocenters. The molecule has 256 valence electrons. The first kappa shape index (κ1) is 34.0. The first-order valence-corrected chi connectivity index (χ1v) is 16.6. The topological polar surface area (TPSA) is 113 Å². The van der Waals surface area contributed by atoms with Crippen molar-refractivity contribution in [2.24, 2.45) is 0 Å². The highest BCUT2D eigenvalue weighted by atomic mass is 19.1. The zero-order valence-corrected chi connectivity index (χ0v) is 26.9. The number of hydrogen-bond acceptors (Lipinski definition) is 7. The zero-order chi connectivity index (χ0) is 34.5. The van der Waals surface area contributed by atoms with E-state index < -0.39 is 46.3 Å². The molecule has 2 aliphatic carbocycles. The SMILES string of the molecule is Nc1c(C(=O)c2ccc(F)cc2)ccc(=O)n1-c1c(F)cc(OC2CCC(NC(Cc3ccccc3)C(=O)OC3CCCC3)CC2)cc1F. The molecule has 3 aromatic carbocycles. The van der Waals surface area contributed by atoms with Crippen LogP contribution in [0.25, 0.3) is 5.69 Å². The zero-order valence-electron chi connectivity index (χ0n) is 26.9. The van der Waals surface area contributed by atoms with Gasteiger partial charge in [-0.15, -0.1) is 0 Å². The normalized spacial score (nSPS) is 18.6. The van der Waals surface area contributed by atoms with Crippen LogP contribution in [-0.4, -0.2) is 40.6 Å². The number of rotatable bonds is 11. The molecule has 1 unspecified atom stereocenters. The monoisotopic (exact) mass is 673 g/mol. The summed E-state index contributed by atoms with van der Waals surface area (Å²) in [5.74, 6) is -4.15. The third-order valence-electron chi connectivity index (χ3n) is 9.26. The minimum Gasteiger partial charge on any atom is -0.490 e. The third-order valence-corrected chi connectivity index (χ3v) is 9.26. The highest BCUT2D eigenvalue weighted by Gasteiger charge is 2.31. The molecule has 0 spiro atoms. The van der Waals surface area contributed by atoms with Gasteiger partial charge in [-0.25, -0.2) is 13.2 Å². The lowest BCUT2D eigenvalue weighted by atomic mass is 9.91. The highest BCUT2D eigenvalue weighted by molar-refractivity contribution is 6.11. The smallest absolute Gasteiger partial charge is 0.323 e. The van der Waals surface area contributed by atoms with Crippen LogP contribution in [0.3, 0.4) is 0 Å². The van der Waals surface area contributed by atoms with E-state index in [1.165, 1.54) is 18.2 Å². The molecule has 8 nitrogen and oxygen atoms in total. The quantitative estimate of drug-likeness (QED) is 0.139. The number of hydrogen-bond donors (Lipinski definition) is 2. The third kappa shape index (κ3) is 8.05. The van der Waals surface area contributed by atoms with E-state index in [-0.39, 0.29) is 41.1 Å². The number of carbonyl (C=O) groups excluding carboxylic acids is 2. The van der Waals surface area contributed by atoms with Crippen molar-refractivity contribution in [3.8, 4) is 11.4 Å². The number of esters is 1. The fourth-order valence-electron chi connectivity index (χ4n) is 6.69. The average molecular weight is 674 g/mol. The Hall–Kier alpha value is -4.90. The van der Waals surface area contributed by atoms with Crippen molar-refractivity contribution in [1.82, 2.24) is 9.88 Å². The van der Waals surface area contributed by atoms with Crippen LogP contribution < -0.4 is 21.3 Å². The molecule has 0 aliphatic heterocycles. The molecule has 1 heterocycles. The number of carbonyl (C=O) groups is 2. The number of aromatic nitrogens is 1. The lowest BCUT2D eigenvalue weighted by Gasteiger charge is -2.32. The van der Waals surface area contributed by atoms with Crippen LogP contribution in [-0.2, 0) is 16.0 Å². The summed E-state index contributed by atoms with van der Waals surface area (Å²) in [4.78, 5) is 39.0. The minimum atomic E-state index is -1.10. The first-order valence-electron chi connectivity index (χ1n) is 16.6. The lowest BCUT2D eigenvalue weighted by molar-refractivity contribution is -0.151. The minimum absolute atomic E-state index is 0.0280. The largest absolute Gasteiger partial charge is 0.490 e. The maximum absolute atomic E-state index is 15.5. The van der Waals surface area contributed by atoms with Crippen molar-refractivity contribution in [2.75, 3.05) is 5.73 Å². The van der Waals surface area contributed by atoms with Crippen molar-refractivity contribution in [3.63, 3.8) is 0 Å². The van der Waals surface area contributed by atoms with Gasteiger partial charge in [0.15, 0.2) is 17.4 Å². The van der Waals surface area contributed by atoms with Crippen LogP contribution in [0.4, 0.5) is 19.0 Å². The van der Waals surface area contributed by atoms with E-state index in [4.69, 9.17) is 15.2 Å². The summed E-state index contributed by atoms with van der Waals surface area (Å²) in [6, 6.07) is 18.1. The summed E-state index contributed by atoms with van der Waals surface area (Å²) in [6.07, 6.45) is 6.57. The maximum Gasteiger partial charge on any atom is 0.323 e. The second-order valence-corrected chi connectivity index (χ2v) is 12.7. The molecule has 49 heavy (non-hydrogen) atoms. The summed E-state index contributed by atoms with van der Waals surface area (Å²) >= 11 is 0. The van der Waals surface area contributed by atoms with E-state index in [2.05, 4.69) is 5.32 Å². The molecular weight excluding hydrogens is 635 g/mol. The van der Waals surface area contributed by atoms with Crippen LogP contribution in [0.2, 0.25) is 0 Å². The molecule has 1 aromatic heterocycles. The fourth-order valence-corrected chi connectivity index (χ4v) is 6.69. The van der Waals surface area contributed by atoms with Gasteiger partial charge in [-0.2, -0.15) is 0 Å². The standard InChI is InChI=1S/C38H38F3N3O5/c39-25-12-10-24(11-13-25)36(46)30-18-19-34(45)44(37(30)42)35-31(40)21-29(22-32(35)41)48-28-16-14-26(15-17-28)43-33(20-23-6-2-1-3-7-23)38(47)49-27-8-4-5-9-27/h1-3,6-7,10-13,18-19,21-22,26-28,33,43H,4-5,8-9,14-17,20,42H2. The molecule has 11 heteroatoms. The van der Waals surface area contributed by atoms with Gasteiger partial charge in [0.1, 0.15) is 35.2 Å². The number of ether oxygens (including phenoxy) is 2. The second kappa shape index (κ2) is 15.1. The summed E-state index contributed by atoms with van der Waals surface area (Å²) in [5, 5.41) is 3.51. The Labute approximate surface area is 282 Å². The van der Waals surface area contributed by atoms with Crippen molar-refractivity contribution in [1.29, 1.82) is 0 Å². The first-order chi connectivity index (χ1) is 23.7. The molecular formula is C38H38F3N3O5. The van der Waals surface area contributed by atoms with Crippen LogP contribution in [0.15, 0.2) is 83.7 Å². The van der Waals surface area contributed by atoms with E-state index in [0.29, 0.717) is 36.7 Å². The Balaban J connectivity index is 1.12. The Kier molecular flexibility index (Phi) is 10.5. The van der Waals surface area contributed by atoms with Gasteiger partial charge in [-0.05, 0) is 93.7 Å². The Morgan fingerprint density at radius 1 is 0.837 bits per heavy atom. The van der Waals surface area contributed by atoms with Crippen molar-refractivity contribution in [3.05, 3.63) is 123 Å². The second-order valence-electron chi connectivity index (χ2n) is 12.7. The van der Waals surface area contributed by atoms with Gasteiger partial charge in [-0.1, -0.05) is 30.3 Å². The van der Waals surface area contributed by atoms with E-state index >= 15 is 8.78 Å². The Bertz CT molecular complexity index is 1830. The van der Waals surface area contributed by atoms with Crippen molar-refractivity contribution in [2.45, 2.75) is 82.1 Å². The number of nitrogens with one attached hydrogen (secondary N) is 1. The number of ketones is 1.